The first-order valence-electron chi connectivity index (χ1n) is 11.4. The van der Waals surface area contributed by atoms with Crippen molar-refractivity contribution >= 4 is 17.8 Å². The number of allylic oxidation sites excluding steroid dienone is 1. The van der Waals surface area contributed by atoms with Gasteiger partial charge in [-0.25, -0.2) is 4.99 Å². The molecule has 6 heteroatoms. The van der Waals surface area contributed by atoms with E-state index in [4.69, 9.17) is 9.73 Å². The number of aliphatic imine (C=N–C) groups is 1. The minimum absolute atomic E-state index is 0.211. The van der Waals surface area contributed by atoms with Crippen LogP contribution in [0.2, 0.25) is 0 Å². The number of esters is 1. The molecule has 1 aliphatic heterocycles. The van der Waals surface area contributed by atoms with Crippen molar-refractivity contribution in [1.82, 2.24) is 9.55 Å². The van der Waals surface area contributed by atoms with Gasteiger partial charge in [0, 0.05) is 37.6 Å². The topological polar surface area (TPSA) is 68.6 Å². The summed E-state index contributed by atoms with van der Waals surface area (Å²) in [5.41, 5.74) is 8.47. The van der Waals surface area contributed by atoms with Gasteiger partial charge in [0.1, 0.15) is 11.5 Å². The van der Waals surface area contributed by atoms with Crippen LogP contribution in [0, 0.1) is 6.92 Å². The van der Waals surface area contributed by atoms with Crippen LogP contribution >= 0.6 is 0 Å². The molecule has 0 fully saturated rings. The number of aryl methyl sites for hydroxylation is 2. The summed E-state index contributed by atoms with van der Waals surface area (Å²) in [6.07, 6.45) is 11.2. The predicted octanol–water partition coefficient (Wildman–Crippen LogP) is 5.44. The highest BCUT2D eigenvalue weighted by molar-refractivity contribution is 6.11. The van der Waals surface area contributed by atoms with Crippen LogP contribution in [0.4, 0.5) is 0 Å². The molecular weight excluding hydrogens is 402 g/mol. The van der Waals surface area contributed by atoms with E-state index in [1.807, 2.05) is 25.4 Å². The van der Waals surface area contributed by atoms with Gasteiger partial charge in [0.05, 0.1) is 25.1 Å². The minimum Gasteiger partial charge on any atom is -0.494 e. The van der Waals surface area contributed by atoms with Crippen molar-refractivity contribution in [2.75, 3.05) is 13.7 Å². The first kappa shape index (κ1) is 23.6. The number of carbonyl (C=O) groups excluding carboxylic acids is 1. The lowest BCUT2D eigenvalue weighted by Crippen LogP contribution is -2.08. The Hall–Kier alpha value is -3.02. The Balaban J connectivity index is 0.000000427. The van der Waals surface area contributed by atoms with Gasteiger partial charge in [0.25, 0.3) is 0 Å². The number of methoxy groups -OCH3 is 1. The second kappa shape index (κ2) is 10.5. The number of fused-ring (bicyclic) bond motifs is 1. The van der Waals surface area contributed by atoms with Crippen LogP contribution in [0.1, 0.15) is 74.2 Å². The van der Waals surface area contributed by atoms with Crippen molar-refractivity contribution in [1.29, 1.82) is 0 Å². The zero-order chi connectivity index (χ0) is 23.3. The molecule has 0 spiro atoms. The molecule has 0 saturated heterocycles. The summed E-state index contributed by atoms with van der Waals surface area (Å²) >= 11 is 0. The van der Waals surface area contributed by atoms with E-state index in [1.165, 1.54) is 55.1 Å². The normalized spacial score (nSPS) is 18.4. The van der Waals surface area contributed by atoms with E-state index < -0.39 is 0 Å². The van der Waals surface area contributed by atoms with E-state index in [0.717, 1.165) is 22.9 Å². The Bertz CT molecular complexity index is 1050. The molecule has 0 amide bonds. The molecular formula is C26H35N3O3. The molecule has 3 heterocycles. The number of nitrogens with zero attached hydrogens (tertiary/aromatic N) is 2. The molecule has 4 rings (SSSR count). The van der Waals surface area contributed by atoms with Crippen molar-refractivity contribution in [3.63, 3.8) is 0 Å². The number of hydrogen-bond acceptors (Lipinski definition) is 4. The maximum absolute atomic E-state index is 9.82. The molecule has 6 nitrogen and oxygen atoms in total. The molecule has 1 unspecified atom stereocenters. The third-order valence-electron chi connectivity index (χ3n) is 6.09. The predicted molar refractivity (Wildman–Crippen MR) is 129 cm³/mol. The highest BCUT2D eigenvalue weighted by atomic mass is 16.5. The third-order valence-corrected chi connectivity index (χ3v) is 6.09. The summed E-state index contributed by atoms with van der Waals surface area (Å²) in [5, 5.41) is 0. The van der Waals surface area contributed by atoms with Gasteiger partial charge in [0.2, 0.25) is 0 Å². The van der Waals surface area contributed by atoms with Gasteiger partial charge in [-0.1, -0.05) is 6.92 Å². The fourth-order valence-electron chi connectivity index (χ4n) is 4.57. The maximum atomic E-state index is 9.82. The number of carbonyl (C=O) groups is 1. The molecule has 1 aliphatic carbocycles. The number of aromatic amines is 1. The molecule has 2 aliphatic rings. The third kappa shape index (κ3) is 5.06. The Morgan fingerprint density at radius 2 is 2.16 bits per heavy atom. The Kier molecular flexibility index (Phi) is 7.78. The first-order chi connectivity index (χ1) is 15.4. The van der Waals surface area contributed by atoms with Gasteiger partial charge in [-0.15, -0.1) is 0 Å². The van der Waals surface area contributed by atoms with Crippen LogP contribution in [0.25, 0.3) is 6.08 Å². The summed E-state index contributed by atoms with van der Waals surface area (Å²) in [7, 11) is 3.75. The quantitative estimate of drug-likeness (QED) is 0.634. The smallest absolute Gasteiger partial charge is 0.302 e. The number of rotatable bonds is 5. The molecule has 1 N–H and O–H groups in total. The number of aromatic nitrogens is 2. The van der Waals surface area contributed by atoms with Crippen LogP contribution in [-0.4, -0.2) is 34.9 Å². The van der Waals surface area contributed by atoms with E-state index in [-0.39, 0.29) is 5.97 Å². The van der Waals surface area contributed by atoms with E-state index in [1.54, 1.807) is 14.0 Å². The van der Waals surface area contributed by atoms with Crippen LogP contribution in [0.15, 0.2) is 40.9 Å². The average molecular weight is 438 g/mol. The molecule has 32 heavy (non-hydrogen) atoms. The fraction of sp³-hybridized carbons (Fsp3) is 0.462. The van der Waals surface area contributed by atoms with E-state index in [9.17, 15) is 4.79 Å². The molecule has 0 radical (unpaired) electrons. The Morgan fingerprint density at radius 3 is 2.72 bits per heavy atom. The zero-order valence-corrected chi connectivity index (χ0v) is 20.1. The molecule has 2 aromatic heterocycles. The van der Waals surface area contributed by atoms with Crippen LogP contribution in [0.5, 0.6) is 0 Å². The second-order valence-electron chi connectivity index (χ2n) is 8.22. The maximum Gasteiger partial charge on any atom is 0.302 e. The molecule has 0 saturated carbocycles. The fourth-order valence-corrected chi connectivity index (χ4v) is 4.57. The van der Waals surface area contributed by atoms with Gasteiger partial charge >= 0.3 is 5.97 Å². The van der Waals surface area contributed by atoms with Gasteiger partial charge < -0.3 is 19.0 Å². The van der Waals surface area contributed by atoms with Crippen molar-refractivity contribution in [3.8, 4) is 0 Å². The van der Waals surface area contributed by atoms with Crippen LogP contribution in [0.3, 0.4) is 0 Å². The monoisotopic (exact) mass is 437 g/mol. The van der Waals surface area contributed by atoms with Crippen molar-refractivity contribution < 1.29 is 14.3 Å². The van der Waals surface area contributed by atoms with E-state index >= 15 is 0 Å². The second-order valence-corrected chi connectivity index (χ2v) is 8.22. The molecule has 0 bridgehead atoms. The molecule has 1 atom stereocenters. The zero-order valence-electron chi connectivity index (χ0n) is 20.1. The Morgan fingerprint density at radius 1 is 1.38 bits per heavy atom. The van der Waals surface area contributed by atoms with Crippen molar-refractivity contribution in [3.05, 3.63) is 64.1 Å². The van der Waals surface area contributed by atoms with Crippen molar-refractivity contribution in [2.24, 2.45) is 12.0 Å². The summed E-state index contributed by atoms with van der Waals surface area (Å²) in [6, 6.07) is 4.12. The molecule has 0 aromatic carbocycles. The lowest BCUT2D eigenvalue weighted by Gasteiger charge is -2.22. The minimum atomic E-state index is -0.211. The van der Waals surface area contributed by atoms with Gasteiger partial charge in [0.15, 0.2) is 0 Å². The number of nitrogens with one attached hydrogen (secondary N) is 1. The highest BCUT2D eigenvalue weighted by Crippen LogP contribution is 2.39. The van der Waals surface area contributed by atoms with E-state index in [2.05, 4.69) is 40.3 Å². The summed E-state index contributed by atoms with van der Waals surface area (Å²) < 4.78 is 12.1. The van der Waals surface area contributed by atoms with Gasteiger partial charge in [-0.2, -0.15) is 0 Å². The van der Waals surface area contributed by atoms with Crippen LogP contribution < -0.4 is 0 Å². The summed E-state index contributed by atoms with van der Waals surface area (Å²) in [6.45, 7) is 8.14. The van der Waals surface area contributed by atoms with Gasteiger partial charge in [-0.05, 0) is 74.8 Å². The average Bonchev–Trinajstić information content (AvgIpc) is 3.46. The standard InChI is InChI=1S/C22H27N3O.C4H8O2/c1-5-15-8-6-9-16-14(2)23-19(22(15)16)12-18-21(26-4)13-17(24-18)20-10-7-11-25(20)3;1-3-6-4(2)5/h7,10-13,15,23H,5-6,8-9H2,1-4H3;3H2,1-2H3/b18-12+;. The van der Waals surface area contributed by atoms with E-state index in [0.29, 0.717) is 12.5 Å². The lowest BCUT2D eigenvalue weighted by molar-refractivity contribution is -0.140. The SMILES string of the molecule is CCC1CCCc2c(C)[nH]c(/C=C3/N=C(c4cccn4C)C=C3OC)c21.CCOC(C)=O. The van der Waals surface area contributed by atoms with Crippen LogP contribution in [-0.2, 0) is 27.7 Å². The summed E-state index contributed by atoms with van der Waals surface area (Å²) in [4.78, 5) is 18.3. The lowest BCUT2D eigenvalue weighted by atomic mass is 9.81. The number of hydrogen-bond donors (Lipinski definition) is 1. The Labute approximate surface area is 191 Å². The van der Waals surface area contributed by atoms with Crippen molar-refractivity contribution in [2.45, 2.75) is 59.3 Å². The largest absolute Gasteiger partial charge is 0.494 e. The molecule has 2 aromatic rings. The molecule has 172 valence electrons. The number of ether oxygens (including phenoxy) is 2. The first-order valence-corrected chi connectivity index (χ1v) is 11.4. The highest BCUT2D eigenvalue weighted by Gasteiger charge is 2.26. The van der Waals surface area contributed by atoms with Gasteiger partial charge in [-0.3, -0.25) is 4.79 Å². The number of H-pyrrole nitrogens is 1. The summed E-state index contributed by atoms with van der Waals surface area (Å²) in [5.74, 6) is 1.26.